The molecule has 2 N–H and O–H groups in total. The van der Waals surface area contributed by atoms with E-state index in [1.54, 1.807) is 24.3 Å². The van der Waals surface area contributed by atoms with Crippen LogP contribution in [0, 0.1) is 0 Å². The molecule has 0 aromatic heterocycles. The zero-order valence-electron chi connectivity index (χ0n) is 14.0. The highest BCUT2D eigenvalue weighted by molar-refractivity contribution is 6.42. The van der Waals surface area contributed by atoms with E-state index in [-0.39, 0.29) is 5.75 Å². The molecule has 0 aliphatic heterocycles. The van der Waals surface area contributed by atoms with Crippen molar-refractivity contribution in [1.29, 1.82) is 0 Å². The number of anilines is 1. The van der Waals surface area contributed by atoms with E-state index in [2.05, 4.69) is 29.3 Å². The van der Waals surface area contributed by atoms with Crippen LogP contribution in [0.5, 0.6) is 5.75 Å². The summed E-state index contributed by atoms with van der Waals surface area (Å²) in [6.07, 6.45) is 1.39. The van der Waals surface area contributed by atoms with Crippen LogP contribution in [-0.2, 0) is 0 Å². The third kappa shape index (κ3) is 4.87. The largest absolute Gasteiger partial charge is 0.507 e. The maximum atomic E-state index is 12.0. The number of carbonyl (C=O) groups excluding carboxylic acids is 1. The Morgan fingerprint density at radius 2 is 1.88 bits per heavy atom. The minimum Gasteiger partial charge on any atom is -0.507 e. The molecule has 0 heterocycles. The average Bonchev–Trinajstić information content (AvgIpc) is 2.60. The van der Waals surface area contributed by atoms with Crippen LogP contribution < -0.4 is 10.3 Å². The third-order valence-corrected chi connectivity index (χ3v) is 4.43. The van der Waals surface area contributed by atoms with Crippen molar-refractivity contribution in [2.75, 3.05) is 18.0 Å². The summed E-state index contributed by atoms with van der Waals surface area (Å²) >= 11 is 11.7. The first-order valence-corrected chi connectivity index (χ1v) is 8.58. The monoisotopic (exact) mass is 379 g/mol. The average molecular weight is 380 g/mol. The number of hydrogen-bond acceptors (Lipinski definition) is 4. The van der Waals surface area contributed by atoms with Crippen LogP contribution in [0.15, 0.2) is 41.5 Å². The molecule has 0 saturated carbocycles. The molecule has 0 aliphatic rings. The smallest absolute Gasteiger partial charge is 0.271 e. The molecular formula is C18H19Cl2N3O2. The number of hydrazone groups is 1. The zero-order chi connectivity index (χ0) is 18.4. The van der Waals surface area contributed by atoms with Gasteiger partial charge in [0.1, 0.15) is 5.75 Å². The van der Waals surface area contributed by atoms with Gasteiger partial charge in [0.2, 0.25) is 0 Å². The van der Waals surface area contributed by atoms with Crippen LogP contribution >= 0.6 is 23.2 Å². The normalized spacial score (nSPS) is 10.9. The molecule has 0 radical (unpaired) electrons. The van der Waals surface area contributed by atoms with Crippen molar-refractivity contribution in [1.82, 2.24) is 5.43 Å². The molecular weight excluding hydrogens is 361 g/mol. The van der Waals surface area contributed by atoms with Gasteiger partial charge in [-0.3, -0.25) is 4.79 Å². The summed E-state index contributed by atoms with van der Waals surface area (Å²) in [6, 6.07) is 9.88. The molecule has 1 amide bonds. The summed E-state index contributed by atoms with van der Waals surface area (Å²) in [5.74, 6) is -0.328. The number of carbonyl (C=O) groups is 1. The van der Waals surface area contributed by atoms with Crippen LogP contribution in [0.2, 0.25) is 10.0 Å². The molecule has 0 spiro atoms. The molecule has 0 unspecified atom stereocenters. The van der Waals surface area contributed by atoms with Crippen molar-refractivity contribution >= 4 is 41.0 Å². The molecule has 2 rings (SSSR count). The standard InChI is InChI=1S/C18H19Cl2N3O2/c1-3-23(4-2)14-7-5-13(17(24)10-14)11-21-22-18(25)12-6-8-15(19)16(20)9-12/h5-11,24H,3-4H2,1-2H3,(H,22,25)/b21-11-. The Morgan fingerprint density at radius 3 is 2.48 bits per heavy atom. The predicted octanol–water partition coefficient (Wildman–Crippen LogP) is 4.31. The Kier molecular flexibility index (Phi) is 6.67. The number of nitrogens with one attached hydrogen (secondary N) is 1. The minimum absolute atomic E-state index is 0.0944. The Bertz CT molecular complexity index is 790. The van der Waals surface area contributed by atoms with Crippen LogP contribution in [0.3, 0.4) is 0 Å². The first-order chi connectivity index (χ1) is 12.0. The predicted molar refractivity (Wildman–Crippen MR) is 103 cm³/mol. The Balaban J connectivity index is 2.06. The summed E-state index contributed by atoms with van der Waals surface area (Å²) in [5.41, 5.74) is 4.16. The van der Waals surface area contributed by atoms with Gasteiger partial charge in [-0.2, -0.15) is 5.10 Å². The molecule has 0 aliphatic carbocycles. The van der Waals surface area contributed by atoms with Crippen molar-refractivity contribution in [3.63, 3.8) is 0 Å². The van der Waals surface area contributed by atoms with Gasteiger partial charge in [0.25, 0.3) is 5.91 Å². The molecule has 0 fully saturated rings. The van der Waals surface area contributed by atoms with E-state index in [1.807, 2.05) is 6.07 Å². The number of benzene rings is 2. The third-order valence-electron chi connectivity index (χ3n) is 3.69. The van der Waals surface area contributed by atoms with Crippen molar-refractivity contribution in [3.8, 4) is 5.75 Å². The number of phenolic OH excluding ortho intramolecular Hbond substituents is 1. The van der Waals surface area contributed by atoms with Gasteiger partial charge in [-0.15, -0.1) is 0 Å². The number of rotatable bonds is 6. The lowest BCUT2D eigenvalue weighted by atomic mass is 10.2. The van der Waals surface area contributed by atoms with E-state index >= 15 is 0 Å². The summed E-state index contributed by atoms with van der Waals surface area (Å²) in [4.78, 5) is 14.1. The van der Waals surface area contributed by atoms with Crippen molar-refractivity contribution in [2.45, 2.75) is 13.8 Å². The Labute approximate surface area is 156 Å². The molecule has 0 bridgehead atoms. The fourth-order valence-electron chi connectivity index (χ4n) is 2.29. The first-order valence-electron chi connectivity index (χ1n) is 7.82. The fraction of sp³-hybridized carbons (Fsp3) is 0.222. The van der Waals surface area contributed by atoms with Gasteiger partial charge in [-0.05, 0) is 44.2 Å². The highest BCUT2D eigenvalue weighted by Crippen LogP contribution is 2.24. The highest BCUT2D eigenvalue weighted by atomic mass is 35.5. The first kappa shape index (κ1) is 19.1. The van der Waals surface area contributed by atoms with Crippen LogP contribution in [0.25, 0.3) is 0 Å². The second-order valence-corrected chi connectivity index (χ2v) is 6.06. The Morgan fingerprint density at radius 1 is 1.16 bits per heavy atom. The number of halogens is 2. The van der Waals surface area contributed by atoms with E-state index in [1.165, 1.54) is 12.3 Å². The molecule has 2 aromatic carbocycles. The van der Waals surface area contributed by atoms with Crippen LogP contribution in [0.1, 0.15) is 29.8 Å². The van der Waals surface area contributed by atoms with Crippen molar-refractivity contribution < 1.29 is 9.90 Å². The molecule has 7 heteroatoms. The number of phenols is 1. The molecule has 0 saturated heterocycles. The van der Waals surface area contributed by atoms with Gasteiger partial charge >= 0.3 is 0 Å². The van der Waals surface area contributed by atoms with Gasteiger partial charge in [-0.25, -0.2) is 5.43 Å². The summed E-state index contributed by atoms with van der Waals surface area (Å²) in [6.45, 7) is 5.80. The van der Waals surface area contributed by atoms with Crippen molar-refractivity contribution in [3.05, 3.63) is 57.6 Å². The number of aromatic hydroxyl groups is 1. The van der Waals surface area contributed by atoms with E-state index in [9.17, 15) is 9.90 Å². The van der Waals surface area contributed by atoms with Crippen LogP contribution in [0.4, 0.5) is 5.69 Å². The van der Waals surface area contributed by atoms with E-state index in [0.717, 1.165) is 18.8 Å². The summed E-state index contributed by atoms with van der Waals surface area (Å²) in [7, 11) is 0. The second kappa shape index (κ2) is 8.74. The molecule has 0 atom stereocenters. The summed E-state index contributed by atoms with van der Waals surface area (Å²) < 4.78 is 0. The van der Waals surface area contributed by atoms with E-state index < -0.39 is 5.91 Å². The zero-order valence-corrected chi connectivity index (χ0v) is 15.5. The van der Waals surface area contributed by atoms with E-state index in [4.69, 9.17) is 23.2 Å². The van der Waals surface area contributed by atoms with Gasteiger partial charge in [-0.1, -0.05) is 23.2 Å². The van der Waals surface area contributed by atoms with Gasteiger partial charge in [0, 0.05) is 36.0 Å². The fourth-order valence-corrected chi connectivity index (χ4v) is 2.59. The molecule has 132 valence electrons. The lowest BCUT2D eigenvalue weighted by Gasteiger charge is -2.21. The molecule has 2 aromatic rings. The van der Waals surface area contributed by atoms with Crippen LogP contribution in [-0.4, -0.2) is 30.3 Å². The second-order valence-electron chi connectivity index (χ2n) is 5.24. The minimum atomic E-state index is -0.422. The number of nitrogens with zero attached hydrogens (tertiary/aromatic N) is 2. The highest BCUT2D eigenvalue weighted by Gasteiger charge is 2.08. The van der Waals surface area contributed by atoms with E-state index in [0.29, 0.717) is 21.2 Å². The lowest BCUT2D eigenvalue weighted by molar-refractivity contribution is 0.0955. The maximum Gasteiger partial charge on any atom is 0.271 e. The Hall–Kier alpha value is -2.24. The lowest BCUT2D eigenvalue weighted by Crippen LogP contribution is -2.21. The molecule has 25 heavy (non-hydrogen) atoms. The van der Waals surface area contributed by atoms with Crippen molar-refractivity contribution in [2.24, 2.45) is 5.10 Å². The van der Waals surface area contributed by atoms with Gasteiger partial charge < -0.3 is 10.0 Å². The van der Waals surface area contributed by atoms with Gasteiger partial charge in [0.05, 0.1) is 16.3 Å². The summed E-state index contributed by atoms with van der Waals surface area (Å²) in [5, 5.41) is 14.7. The maximum absolute atomic E-state index is 12.0. The topological polar surface area (TPSA) is 64.9 Å². The SMILES string of the molecule is CCN(CC)c1ccc(/C=N\NC(=O)c2ccc(Cl)c(Cl)c2)c(O)c1. The quantitative estimate of drug-likeness (QED) is 0.580. The molecule has 5 nitrogen and oxygen atoms in total. The number of hydrogen-bond donors (Lipinski definition) is 2. The number of amides is 1. The van der Waals surface area contributed by atoms with Gasteiger partial charge in [0.15, 0.2) is 0 Å².